The lowest BCUT2D eigenvalue weighted by molar-refractivity contribution is -0.0534. The summed E-state index contributed by atoms with van der Waals surface area (Å²) in [6.45, 7) is -3.28. The molecule has 3 aromatic heterocycles. The van der Waals surface area contributed by atoms with Gasteiger partial charge in [0, 0.05) is 29.5 Å². The summed E-state index contributed by atoms with van der Waals surface area (Å²) < 4.78 is 94.2. The van der Waals surface area contributed by atoms with Gasteiger partial charge in [-0.05, 0) is 6.07 Å². The van der Waals surface area contributed by atoms with Crippen LogP contribution in [0.1, 0.15) is 12.0 Å². The lowest BCUT2D eigenvalue weighted by Gasteiger charge is -2.15. The Kier molecular flexibility index (Phi) is 6.64. The molecule has 2 N–H and O–H groups in total. The van der Waals surface area contributed by atoms with Crippen molar-refractivity contribution in [3.8, 4) is 34.8 Å². The summed E-state index contributed by atoms with van der Waals surface area (Å²) in [5.41, 5.74) is -0.896. The van der Waals surface area contributed by atoms with E-state index < -0.39 is 57.0 Å². The van der Waals surface area contributed by atoms with Crippen LogP contribution in [-0.4, -0.2) is 53.8 Å². The van der Waals surface area contributed by atoms with Gasteiger partial charge in [0.05, 0.1) is 25.3 Å². The second-order valence-electron chi connectivity index (χ2n) is 6.96. The van der Waals surface area contributed by atoms with E-state index in [9.17, 15) is 26.0 Å². The van der Waals surface area contributed by atoms with Gasteiger partial charge in [-0.1, -0.05) is 12.1 Å². The van der Waals surface area contributed by atoms with Crippen LogP contribution in [0.5, 0.6) is 17.5 Å². The molecule has 3 heterocycles. The van der Waals surface area contributed by atoms with Gasteiger partial charge in [0.25, 0.3) is 18.2 Å². The van der Waals surface area contributed by atoms with Crippen LogP contribution in [0.4, 0.5) is 17.6 Å². The van der Waals surface area contributed by atoms with Crippen LogP contribution < -0.4 is 19.3 Å². The zero-order valence-corrected chi connectivity index (χ0v) is 19.2. The quantitative estimate of drug-likeness (QED) is 0.341. The van der Waals surface area contributed by atoms with Crippen LogP contribution in [0.15, 0.2) is 41.7 Å². The van der Waals surface area contributed by atoms with Gasteiger partial charge in [-0.3, -0.25) is 4.57 Å². The average Bonchev–Trinajstić information content (AvgIpc) is 3.24. The number of benzene rings is 1. The number of nitrogens with zero attached hydrogens (tertiary/aromatic N) is 5. The number of halogens is 4. The van der Waals surface area contributed by atoms with E-state index in [1.54, 1.807) is 0 Å². The topological polar surface area (TPSA) is 144 Å². The first kappa shape index (κ1) is 25.1. The summed E-state index contributed by atoms with van der Waals surface area (Å²) >= 11 is 0. The normalized spacial score (nSPS) is 11.9. The molecule has 1 aromatic carbocycles. The molecule has 4 rings (SSSR count). The summed E-state index contributed by atoms with van der Waals surface area (Å²) in [7, 11) is -2.19. The molecule has 36 heavy (non-hydrogen) atoms. The third-order valence-corrected chi connectivity index (χ3v) is 5.83. The molecule has 0 saturated carbocycles. The minimum Gasteiger partial charge on any atom is -0.478 e. The largest absolute Gasteiger partial charge is 0.478 e. The summed E-state index contributed by atoms with van der Waals surface area (Å²) in [4.78, 5) is 15.6. The zero-order chi connectivity index (χ0) is 26.2. The number of fused-ring (bicyclic) bond motifs is 1. The number of hydrogen-bond acceptors (Lipinski definition) is 9. The molecule has 4 aromatic rings. The van der Waals surface area contributed by atoms with E-state index in [1.165, 1.54) is 18.5 Å². The Morgan fingerprint density at radius 1 is 1.00 bits per heavy atom. The van der Waals surface area contributed by atoms with Crippen molar-refractivity contribution in [3.05, 3.63) is 42.4 Å². The molecular weight excluding hydrogens is 512 g/mol. The third kappa shape index (κ3) is 4.47. The molecule has 0 aliphatic heterocycles. The molecule has 0 unspecified atom stereocenters. The maximum Gasteiger partial charge on any atom is 0.387 e. The lowest BCUT2D eigenvalue weighted by Crippen LogP contribution is -2.12. The number of sulfonamides is 1. The Hall–Kier alpha value is -4.05. The van der Waals surface area contributed by atoms with Crippen LogP contribution >= 0.6 is 0 Å². The summed E-state index contributed by atoms with van der Waals surface area (Å²) in [6.07, 6.45) is 0.595. The molecular formula is C20H16F4N6O5S. The number of methoxy groups -OCH3 is 2. The van der Waals surface area contributed by atoms with Crippen molar-refractivity contribution >= 4 is 20.9 Å². The highest BCUT2D eigenvalue weighted by molar-refractivity contribution is 7.89. The van der Waals surface area contributed by atoms with E-state index in [1.807, 2.05) is 0 Å². The fraction of sp³-hybridized carbons (Fsp3) is 0.200. The monoisotopic (exact) mass is 528 g/mol. The van der Waals surface area contributed by atoms with Crippen molar-refractivity contribution in [1.82, 2.24) is 24.5 Å². The number of hydrogen-bond donors (Lipinski definition) is 1. The van der Waals surface area contributed by atoms with Crippen molar-refractivity contribution < 1.29 is 40.2 Å². The van der Waals surface area contributed by atoms with E-state index in [2.05, 4.69) is 24.7 Å². The molecule has 0 spiro atoms. The van der Waals surface area contributed by atoms with E-state index >= 15 is 0 Å². The van der Waals surface area contributed by atoms with E-state index in [0.717, 1.165) is 37.1 Å². The van der Waals surface area contributed by atoms with Crippen molar-refractivity contribution in [2.45, 2.75) is 17.9 Å². The molecule has 0 bridgehead atoms. The van der Waals surface area contributed by atoms with Gasteiger partial charge in [-0.15, -0.1) is 0 Å². The highest BCUT2D eigenvalue weighted by Crippen LogP contribution is 2.41. The van der Waals surface area contributed by atoms with Crippen molar-refractivity contribution in [3.63, 3.8) is 0 Å². The molecule has 0 aliphatic rings. The van der Waals surface area contributed by atoms with Gasteiger partial charge in [0.1, 0.15) is 4.90 Å². The Morgan fingerprint density at radius 3 is 2.11 bits per heavy atom. The van der Waals surface area contributed by atoms with E-state index in [0.29, 0.717) is 0 Å². The molecule has 0 radical (unpaired) electrons. The molecule has 190 valence electrons. The Labute approximate surface area is 200 Å². The van der Waals surface area contributed by atoms with Gasteiger partial charge in [0.2, 0.25) is 21.7 Å². The van der Waals surface area contributed by atoms with Gasteiger partial charge < -0.3 is 14.2 Å². The molecule has 0 amide bonds. The number of primary sulfonamides is 1. The number of alkyl halides is 4. The first-order chi connectivity index (χ1) is 17.1. The lowest BCUT2D eigenvalue weighted by atomic mass is 10.0. The Morgan fingerprint density at radius 2 is 1.61 bits per heavy atom. The highest BCUT2D eigenvalue weighted by atomic mass is 32.2. The number of ether oxygens (including phenoxy) is 3. The van der Waals surface area contributed by atoms with E-state index in [4.69, 9.17) is 14.6 Å². The maximum atomic E-state index is 14.1. The predicted molar refractivity (Wildman–Crippen MR) is 116 cm³/mol. The van der Waals surface area contributed by atoms with Crippen LogP contribution in [-0.2, 0) is 10.0 Å². The zero-order valence-electron chi connectivity index (χ0n) is 18.4. The Balaban J connectivity index is 2.16. The molecule has 11 nitrogen and oxygen atoms in total. The summed E-state index contributed by atoms with van der Waals surface area (Å²) in [6, 6.07) is 3.63. The fourth-order valence-electron chi connectivity index (χ4n) is 3.51. The Bertz CT molecular complexity index is 1510. The number of aromatic nitrogens is 5. The SMILES string of the molecule is COc1nc(-n2cc(S(N)(=O)=O)c3ccc(C(F)F)c(-c4ncccn4)c32)nc(OC)c1OC(F)F. The van der Waals surface area contributed by atoms with Crippen molar-refractivity contribution in [2.24, 2.45) is 5.14 Å². The van der Waals surface area contributed by atoms with Gasteiger partial charge in [-0.25, -0.2) is 32.3 Å². The first-order valence-corrected chi connectivity index (χ1v) is 11.3. The van der Waals surface area contributed by atoms with Gasteiger partial charge >= 0.3 is 6.61 Å². The van der Waals surface area contributed by atoms with Crippen LogP contribution in [0.25, 0.3) is 28.2 Å². The fourth-order valence-corrected chi connectivity index (χ4v) is 4.23. The maximum absolute atomic E-state index is 14.1. The van der Waals surface area contributed by atoms with Gasteiger partial charge in [0.15, 0.2) is 5.82 Å². The van der Waals surface area contributed by atoms with Crippen LogP contribution in [0.2, 0.25) is 0 Å². The third-order valence-electron chi connectivity index (χ3n) is 4.89. The van der Waals surface area contributed by atoms with E-state index in [-0.39, 0.29) is 22.3 Å². The standard InChI is InChI=1S/C20H16F4N6O5S/c1-33-17-14(35-19(23)24)18(34-2)29-20(28-17)30-8-11(36(25,31)32)9-4-5-10(15(21)22)12(13(9)30)16-26-6-3-7-27-16/h3-8,15,19H,1-2H3,(H2,25,31,32). The summed E-state index contributed by atoms with van der Waals surface area (Å²) in [5.74, 6) is -2.19. The smallest absolute Gasteiger partial charge is 0.387 e. The number of rotatable bonds is 8. The molecule has 0 aliphatic carbocycles. The molecule has 0 atom stereocenters. The predicted octanol–water partition coefficient (Wildman–Crippen LogP) is 3.08. The molecule has 0 fully saturated rings. The molecule has 16 heteroatoms. The first-order valence-electron chi connectivity index (χ1n) is 9.78. The van der Waals surface area contributed by atoms with Gasteiger partial charge in [-0.2, -0.15) is 18.7 Å². The second kappa shape index (κ2) is 9.54. The van der Waals surface area contributed by atoms with Crippen LogP contribution in [0.3, 0.4) is 0 Å². The van der Waals surface area contributed by atoms with Crippen molar-refractivity contribution in [2.75, 3.05) is 14.2 Å². The number of nitrogens with two attached hydrogens (primary N) is 1. The second-order valence-corrected chi connectivity index (χ2v) is 8.49. The molecule has 0 saturated heterocycles. The average molecular weight is 528 g/mol. The minimum absolute atomic E-state index is 0.0706. The summed E-state index contributed by atoms with van der Waals surface area (Å²) in [5, 5.41) is 5.31. The minimum atomic E-state index is -4.40. The van der Waals surface area contributed by atoms with Crippen molar-refractivity contribution in [1.29, 1.82) is 0 Å². The highest BCUT2D eigenvalue weighted by Gasteiger charge is 2.29. The van der Waals surface area contributed by atoms with Crippen LogP contribution in [0, 0.1) is 0 Å².